The average Bonchev–Trinajstić information content (AvgIpc) is 3.29. The number of carbonyl (C=O) groups excluding carboxylic acids is 4. The average molecular weight is 408 g/mol. The molecule has 2 heterocycles. The van der Waals surface area contributed by atoms with Gasteiger partial charge in [-0.3, -0.25) is 14.5 Å². The van der Waals surface area contributed by atoms with Crippen LogP contribution in [-0.2, 0) is 19.1 Å². The molecule has 0 aliphatic carbocycles. The number of hydrogen-bond acceptors (Lipinski definition) is 6. The topological polar surface area (TPSA) is 102 Å². The van der Waals surface area contributed by atoms with Crippen LogP contribution in [0.5, 0.6) is 0 Å². The van der Waals surface area contributed by atoms with Crippen molar-refractivity contribution in [3.63, 3.8) is 0 Å². The normalized spacial score (nSPS) is 20.0. The Balaban J connectivity index is 1.51. The van der Waals surface area contributed by atoms with Crippen molar-refractivity contribution < 1.29 is 28.7 Å². The number of amides is 2. The summed E-state index contributed by atoms with van der Waals surface area (Å²) < 4.78 is 10.4. The van der Waals surface area contributed by atoms with Gasteiger partial charge in [0, 0.05) is 17.7 Å². The molecule has 8 heteroatoms. The van der Waals surface area contributed by atoms with E-state index in [0.717, 1.165) is 0 Å². The molecule has 1 N–H and O–H groups in total. The number of cyclic esters (lactones) is 1. The Morgan fingerprint density at radius 3 is 2.60 bits per heavy atom. The number of rotatable bonds is 5. The van der Waals surface area contributed by atoms with E-state index >= 15 is 0 Å². The number of benzene rings is 2. The van der Waals surface area contributed by atoms with Crippen LogP contribution >= 0.6 is 0 Å². The molecular weight excluding hydrogens is 388 g/mol. The summed E-state index contributed by atoms with van der Waals surface area (Å²) in [6, 6.07) is 12.4. The molecule has 154 valence electrons. The van der Waals surface area contributed by atoms with E-state index in [9.17, 15) is 19.2 Å². The third kappa shape index (κ3) is 3.52. The van der Waals surface area contributed by atoms with Gasteiger partial charge in [0.05, 0.1) is 17.7 Å². The molecule has 0 unspecified atom stereocenters. The Morgan fingerprint density at radius 1 is 1.13 bits per heavy atom. The number of carbonyl (C=O) groups is 4. The predicted molar refractivity (Wildman–Crippen MR) is 105 cm³/mol. The van der Waals surface area contributed by atoms with Crippen LogP contribution in [0.4, 0.5) is 5.69 Å². The Hall–Kier alpha value is -3.68. The van der Waals surface area contributed by atoms with Crippen molar-refractivity contribution in [2.75, 3.05) is 11.9 Å². The summed E-state index contributed by atoms with van der Waals surface area (Å²) in [5.74, 6) is -1.58. The Bertz CT molecular complexity index is 1020. The van der Waals surface area contributed by atoms with Crippen LogP contribution in [0.15, 0.2) is 48.5 Å². The molecule has 0 saturated carbocycles. The molecule has 0 radical (unpaired) electrons. The van der Waals surface area contributed by atoms with E-state index in [1.165, 1.54) is 4.90 Å². The van der Waals surface area contributed by atoms with Crippen molar-refractivity contribution in [2.24, 2.45) is 0 Å². The summed E-state index contributed by atoms with van der Waals surface area (Å²) in [5.41, 5.74) is 1.84. The lowest BCUT2D eigenvalue weighted by molar-refractivity contribution is -0.144. The molecule has 1 saturated heterocycles. The first-order chi connectivity index (χ1) is 14.5. The zero-order valence-corrected chi connectivity index (χ0v) is 16.3. The highest BCUT2D eigenvalue weighted by atomic mass is 16.6. The van der Waals surface area contributed by atoms with Gasteiger partial charge < -0.3 is 14.8 Å². The minimum atomic E-state index is -0.911. The lowest BCUT2D eigenvalue weighted by Crippen LogP contribution is -2.43. The van der Waals surface area contributed by atoms with E-state index in [1.54, 1.807) is 55.5 Å². The second kappa shape index (κ2) is 7.98. The van der Waals surface area contributed by atoms with Crippen molar-refractivity contribution >= 4 is 29.4 Å². The standard InChI is InChI=1S/C22H20N2O6/c1-2-29-21(27)13-7-9-14(10-8-13)23-19(26)17-11-12-18(25)24(17)20-15-5-3-4-6-16(15)22(28)30-20/h3-10,17,20H,2,11-12H2,1H3,(H,23,26)/t17-,20+/m0/s1. The van der Waals surface area contributed by atoms with Crippen molar-refractivity contribution in [1.29, 1.82) is 0 Å². The monoisotopic (exact) mass is 408 g/mol. The highest BCUT2D eigenvalue weighted by molar-refractivity contribution is 6.00. The first kappa shape index (κ1) is 19.6. The Morgan fingerprint density at radius 2 is 1.87 bits per heavy atom. The van der Waals surface area contributed by atoms with Gasteiger partial charge in [-0.1, -0.05) is 18.2 Å². The smallest absolute Gasteiger partial charge is 0.340 e. The van der Waals surface area contributed by atoms with Gasteiger partial charge in [-0.25, -0.2) is 9.59 Å². The maximum atomic E-state index is 12.9. The van der Waals surface area contributed by atoms with Crippen LogP contribution in [0.2, 0.25) is 0 Å². The molecule has 1 fully saturated rings. The number of hydrogen-bond donors (Lipinski definition) is 1. The number of nitrogens with zero attached hydrogens (tertiary/aromatic N) is 1. The minimum absolute atomic E-state index is 0.191. The number of likely N-dealkylation sites (tertiary alicyclic amines) is 1. The van der Waals surface area contributed by atoms with Gasteiger partial charge in [-0.05, 0) is 43.7 Å². The van der Waals surface area contributed by atoms with Crippen LogP contribution in [-0.4, -0.2) is 41.3 Å². The lowest BCUT2D eigenvalue weighted by Gasteiger charge is -2.29. The third-order valence-electron chi connectivity index (χ3n) is 5.14. The quantitative estimate of drug-likeness (QED) is 0.763. The summed E-state index contributed by atoms with van der Waals surface area (Å²) in [7, 11) is 0. The zero-order valence-electron chi connectivity index (χ0n) is 16.3. The van der Waals surface area contributed by atoms with Gasteiger partial charge in [0.1, 0.15) is 6.04 Å². The predicted octanol–water partition coefficient (Wildman–Crippen LogP) is 2.66. The number of anilines is 1. The van der Waals surface area contributed by atoms with Gasteiger partial charge in [0.25, 0.3) is 0 Å². The molecule has 2 aliphatic heterocycles. The van der Waals surface area contributed by atoms with Crippen LogP contribution < -0.4 is 5.32 Å². The Kier molecular flexibility index (Phi) is 5.22. The van der Waals surface area contributed by atoms with E-state index in [1.807, 2.05) is 0 Å². The second-order valence-corrected chi connectivity index (χ2v) is 6.99. The lowest BCUT2D eigenvalue weighted by atomic mass is 10.1. The van der Waals surface area contributed by atoms with Crippen LogP contribution in [0, 0.1) is 0 Å². The van der Waals surface area contributed by atoms with Gasteiger partial charge >= 0.3 is 11.9 Å². The molecule has 0 spiro atoms. The number of ether oxygens (including phenoxy) is 2. The molecule has 2 aromatic carbocycles. The molecule has 30 heavy (non-hydrogen) atoms. The second-order valence-electron chi connectivity index (χ2n) is 6.99. The first-order valence-electron chi connectivity index (χ1n) is 9.68. The molecular formula is C22H20N2O6. The maximum absolute atomic E-state index is 12.9. The summed E-state index contributed by atoms with van der Waals surface area (Å²) in [6.07, 6.45) is -0.400. The summed E-state index contributed by atoms with van der Waals surface area (Å²) in [4.78, 5) is 50.7. The van der Waals surface area contributed by atoms with Crippen molar-refractivity contribution in [3.8, 4) is 0 Å². The summed E-state index contributed by atoms with van der Waals surface area (Å²) >= 11 is 0. The number of esters is 2. The molecule has 8 nitrogen and oxygen atoms in total. The molecule has 2 atom stereocenters. The highest BCUT2D eigenvalue weighted by Gasteiger charge is 2.46. The number of nitrogens with one attached hydrogen (secondary N) is 1. The van der Waals surface area contributed by atoms with Crippen LogP contribution in [0.1, 0.15) is 52.3 Å². The molecule has 2 amide bonds. The minimum Gasteiger partial charge on any atom is -0.462 e. The summed E-state index contributed by atoms with van der Waals surface area (Å²) in [6.45, 7) is 2.00. The van der Waals surface area contributed by atoms with E-state index in [2.05, 4.69) is 5.32 Å². The van der Waals surface area contributed by atoms with Crippen LogP contribution in [0.25, 0.3) is 0 Å². The van der Waals surface area contributed by atoms with Gasteiger partial charge in [0.2, 0.25) is 18.0 Å². The molecule has 2 aromatic rings. The van der Waals surface area contributed by atoms with Crippen molar-refractivity contribution in [2.45, 2.75) is 32.0 Å². The first-order valence-corrected chi connectivity index (χ1v) is 9.68. The van der Waals surface area contributed by atoms with E-state index in [4.69, 9.17) is 9.47 Å². The van der Waals surface area contributed by atoms with Crippen molar-refractivity contribution in [1.82, 2.24) is 4.90 Å². The summed E-state index contributed by atoms with van der Waals surface area (Å²) in [5, 5.41) is 2.77. The van der Waals surface area contributed by atoms with Gasteiger partial charge in [-0.2, -0.15) is 0 Å². The number of fused-ring (bicyclic) bond motifs is 1. The van der Waals surface area contributed by atoms with Crippen LogP contribution in [0.3, 0.4) is 0 Å². The fourth-order valence-electron chi connectivity index (χ4n) is 3.72. The third-order valence-corrected chi connectivity index (χ3v) is 5.14. The van der Waals surface area contributed by atoms with Crippen molar-refractivity contribution in [3.05, 3.63) is 65.2 Å². The molecule has 0 bridgehead atoms. The fraction of sp³-hybridized carbons (Fsp3) is 0.273. The zero-order chi connectivity index (χ0) is 21.3. The van der Waals surface area contributed by atoms with E-state index in [-0.39, 0.29) is 24.8 Å². The fourth-order valence-corrected chi connectivity index (χ4v) is 3.72. The largest absolute Gasteiger partial charge is 0.462 e. The molecule has 0 aromatic heterocycles. The molecule has 4 rings (SSSR count). The highest BCUT2D eigenvalue weighted by Crippen LogP contribution is 2.38. The van der Waals surface area contributed by atoms with Gasteiger partial charge in [-0.15, -0.1) is 0 Å². The molecule has 2 aliphatic rings. The van der Waals surface area contributed by atoms with E-state index < -0.39 is 24.2 Å². The van der Waals surface area contributed by atoms with E-state index in [0.29, 0.717) is 28.8 Å². The van der Waals surface area contributed by atoms with Gasteiger partial charge in [0.15, 0.2) is 0 Å². The maximum Gasteiger partial charge on any atom is 0.340 e. The Labute approximate surface area is 172 Å². The SMILES string of the molecule is CCOC(=O)c1ccc(NC(=O)[C@@H]2CCC(=O)N2[C@@H]2OC(=O)c3ccccc32)cc1.